The lowest BCUT2D eigenvalue weighted by Gasteiger charge is -2.40. The van der Waals surface area contributed by atoms with Gasteiger partial charge in [0.25, 0.3) is 0 Å². The summed E-state index contributed by atoms with van der Waals surface area (Å²) < 4.78 is 0. The molecule has 4 heteroatoms. The lowest BCUT2D eigenvalue weighted by Crippen LogP contribution is -2.54. The Morgan fingerprint density at radius 3 is 2.46 bits per heavy atom. The van der Waals surface area contributed by atoms with Crippen LogP contribution in [-0.4, -0.2) is 46.6 Å². The van der Waals surface area contributed by atoms with Crippen LogP contribution in [0.3, 0.4) is 0 Å². The second-order valence-electron chi connectivity index (χ2n) is 3.46. The number of aliphatic carboxylic acids is 1. The van der Waals surface area contributed by atoms with Gasteiger partial charge in [0, 0.05) is 0 Å². The number of carbonyl (C=O) groups is 1. The van der Waals surface area contributed by atoms with Crippen molar-refractivity contribution in [3.05, 3.63) is 0 Å². The molecule has 3 nitrogen and oxygen atoms in total. The van der Waals surface area contributed by atoms with Crippen LogP contribution in [-0.2, 0) is 4.79 Å². The molecule has 1 heterocycles. The Labute approximate surface area is 83.5 Å². The van der Waals surface area contributed by atoms with Gasteiger partial charge in [-0.1, -0.05) is 6.92 Å². The average Bonchev–Trinajstić information content (AvgIpc) is 2.17. The van der Waals surface area contributed by atoms with Gasteiger partial charge in [-0.15, -0.1) is 0 Å². The van der Waals surface area contributed by atoms with E-state index in [0.29, 0.717) is 0 Å². The minimum absolute atomic E-state index is 0.583. The molecule has 0 saturated carbocycles. The van der Waals surface area contributed by atoms with Crippen molar-refractivity contribution >= 4 is 17.7 Å². The van der Waals surface area contributed by atoms with Gasteiger partial charge in [0.15, 0.2) is 0 Å². The molecular weight excluding hydrogens is 186 g/mol. The number of rotatable bonds is 3. The molecule has 1 fully saturated rings. The van der Waals surface area contributed by atoms with E-state index in [1.54, 1.807) is 0 Å². The van der Waals surface area contributed by atoms with Gasteiger partial charge in [-0.05, 0) is 37.9 Å². The Kier molecular flexibility index (Phi) is 3.62. The fraction of sp³-hybridized carbons (Fsp3) is 0.889. The summed E-state index contributed by atoms with van der Waals surface area (Å²) in [6.45, 7) is 2.81. The smallest absolute Gasteiger partial charge is 0.324 e. The summed E-state index contributed by atoms with van der Waals surface area (Å²) in [4.78, 5) is 13.2. The molecule has 1 saturated heterocycles. The first-order valence-electron chi connectivity index (χ1n) is 4.66. The molecule has 1 N–H and O–H groups in total. The summed E-state index contributed by atoms with van der Waals surface area (Å²) in [6.07, 6.45) is 1.55. The van der Waals surface area contributed by atoms with E-state index in [0.717, 1.165) is 30.9 Å². The van der Waals surface area contributed by atoms with Crippen molar-refractivity contribution < 1.29 is 9.90 Å². The first-order valence-corrected chi connectivity index (χ1v) is 5.81. The molecule has 0 aromatic heterocycles. The van der Waals surface area contributed by atoms with Crippen LogP contribution in [0.2, 0.25) is 0 Å². The highest BCUT2D eigenvalue weighted by molar-refractivity contribution is 7.99. The Morgan fingerprint density at radius 1 is 1.54 bits per heavy atom. The molecular formula is C9H17NO2S. The molecule has 76 valence electrons. The molecule has 0 bridgehead atoms. The zero-order valence-electron chi connectivity index (χ0n) is 8.25. The molecule has 0 radical (unpaired) electrons. The van der Waals surface area contributed by atoms with E-state index < -0.39 is 11.5 Å². The van der Waals surface area contributed by atoms with E-state index in [1.165, 1.54) is 0 Å². The highest BCUT2D eigenvalue weighted by Crippen LogP contribution is 2.31. The van der Waals surface area contributed by atoms with Crippen molar-refractivity contribution in [2.75, 3.05) is 25.1 Å². The van der Waals surface area contributed by atoms with E-state index in [-0.39, 0.29) is 0 Å². The van der Waals surface area contributed by atoms with Crippen molar-refractivity contribution in [1.82, 2.24) is 4.90 Å². The summed E-state index contributed by atoms with van der Waals surface area (Å²) in [5, 5.41) is 9.24. The fourth-order valence-corrected chi connectivity index (χ4v) is 2.94. The van der Waals surface area contributed by atoms with Crippen molar-refractivity contribution in [3.63, 3.8) is 0 Å². The first kappa shape index (κ1) is 10.9. The molecule has 0 amide bonds. The lowest BCUT2D eigenvalue weighted by atomic mass is 9.90. The molecule has 1 aliphatic rings. The minimum atomic E-state index is -0.655. The zero-order chi connectivity index (χ0) is 9.90. The molecule has 0 unspecified atom stereocenters. The number of thioether (sulfide) groups is 1. The summed E-state index contributed by atoms with van der Waals surface area (Å²) in [7, 11) is 1.91. The van der Waals surface area contributed by atoms with Crippen molar-refractivity contribution in [1.29, 1.82) is 0 Å². The molecule has 0 aromatic carbocycles. The Bertz CT molecular complexity index is 190. The Hall–Kier alpha value is -0.220. The normalized spacial score (nSPS) is 21.8. The maximum Gasteiger partial charge on any atom is 0.324 e. The second kappa shape index (κ2) is 4.33. The fourth-order valence-electron chi connectivity index (χ4n) is 1.77. The number of hydrogen-bond donors (Lipinski definition) is 1. The minimum Gasteiger partial charge on any atom is -0.480 e. The van der Waals surface area contributed by atoms with Gasteiger partial charge in [0.1, 0.15) is 5.54 Å². The van der Waals surface area contributed by atoms with Crippen LogP contribution in [0.4, 0.5) is 0 Å². The third kappa shape index (κ3) is 1.99. The number of carboxylic acids is 1. The molecule has 0 aliphatic carbocycles. The number of likely N-dealkylation sites (N-methyl/N-ethyl adjacent to an activating group) is 1. The van der Waals surface area contributed by atoms with Crippen LogP contribution in [0.1, 0.15) is 19.8 Å². The first-order chi connectivity index (χ1) is 6.13. The monoisotopic (exact) mass is 203 g/mol. The van der Waals surface area contributed by atoms with Gasteiger partial charge in [0.05, 0.1) is 0 Å². The van der Waals surface area contributed by atoms with Gasteiger partial charge in [-0.2, -0.15) is 11.8 Å². The quantitative estimate of drug-likeness (QED) is 0.750. The number of carboxylic acid groups (broad SMARTS) is 1. The van der Waals surface area contributed by atoms with Gasteiger partial charge >= 0.3 is 5.97 Å². The SMILES string of the molecule is CCN(C)C1(C(=O)O)CCSCC1. The van der Waals surface area contributed by atoms with Crippen LogP contribution < -0.4 is 0 Å². The predicted molar refractivity (Wildman–Crippen MR) is 55.2 cm³/mol. The van der Waals surface area contributed by atoms with Crippen LogP contribution >= 0.6 is 11.8 Å². The van der Waals surface area contributed by atoms with Crippen molar-refractivity contribution in [2.45, 2.75) is 25.3 Å². The standard InChI is InChI=1S/C9H17NO2S/c1-3-10(2)9(8(11)12)4-6-13-7-5-9/h3-7H2,1-2H3,(H,11,12). The lowest BCUT2D eigenvalue weighted by molar-refractivity contribution is -0.151. The third-order valence-corrected chi connectivity index (χ3v) is 3.91. The number of hydrogen-bond acceptors (Lipinski definition) is 3. The maximum atomic E-state index is 11.2. The van der Waals surface area contributed by atoms with Crippen LogP contribution in [0.15, 0.2) is 0 Å². The second-order valence-corrected chi connectivity index (χ2v) is 4.69. The van der Waals surface area contributed by atoms with Gasteiger partial charge in [-0.25, -0.2) is 0 Å². The van der Waals surface area contributed by atoms with Crippen LogP contribution in [0.25, 0.3) is 0 Å². The third-order valence-electron chi connectivity index (χ3n) is 2.92. The van der Waals surface area contributed by atoms with Crippen LogP contribution in [0, 0.1) is 0 Å². The predicted octanol–water partition coefficient (Wildman–Crippen LogP) is 1.29. The Morgan fingerprint density at radius 2 is 2.08 bits per heavy atom. The molecule has 1 aliphatic heterocycles. The maximum absolute atomic E-state index is 11.2. The molecule has 0 aromatic rings. The Balaban J connectivity index is 2.78. The molecule has 13 heavy (non-hydrogen) atoms. The van der Waals surface area contributed by atoms with E-state index >= 15 is 0 Å². The summed E-state index contributed by atoms with van der Waals surface area (Å²) >= 11 is 1.85. The van der Waals surface area contributed by atoms with Crippen LogP contribution in [0.5, 0.6) is 0 Å². The van der Waals surface area contributed by atoms with E-state index in [9.17, 15) is 9.90 Å². The van der Waals surface area contributed by atoms with Gasteiger partial charge in [-0.3, -0.25) is 9.69 Å². The highest BCUT2D eigenvalue weighted by Gasteiger charge is 2.42. The zero-order valence-corrected chi connectivity index (χ0v) is 9.06. The highest BCUT2D eigenvalue weighted by atomic mass is 32.2. The summed E-state index contributed by atoms with van der Waals surface area (Å²) in [5.41, 5.74) is -0.583. The molecule has 0 spiro atoms. The van der Waals surface area contributed by atoms with Crippen molar-refractivity contribution in [3.8, 4) is 0 Å². The summed E-state index contributed by atoms with van der Waals surface area (Å²) in [6, 6.07) is 0. The van der Waals surface area contributed by atoms with Gasteiger partial charge in [0.2, 0.25) is 0 Å². The summed E-state index contributed by atoms with van der Waals surface area (Å²) in [5.74, 6) is 1.28. The van der Waals surface area contributed by atoms with E-state index in [1.807, 2.05) is 30.6 Å². The van der Waals surface area contributed by atoms with E-state index in [2.05, 4.69) is 0 Å². The topological polar surface area (TPSA) is 40.5 Å². The van der Waals surface area contributed by atoms with Gasteiger partial charge < -0.3 is 5.11 Å². The van der Waals surface area contributed by atoms with E-state index in [4.69, 9.17) is 0 Å². The average molecular weight is 203 g/mol. The van der Waals surface area contributed by atoms with Crippen molar-refractivity contribution in [2.24, 2.45) is 0 Å². The number of nitrogens with zero attached hydrogens (tertiary/aromatic N) is 1. The molecule has 0 atom stereocenters. The molecule has 1 rings (SSSR count). The largest absolute Gasteiger partial charge is 0.480 e.